The smallest absolute Gasteiger partial charge is 0.433 e. The fourth-order valence-electron chi connectivity index (χ4n) is 2.59. The molecule has 0 saturated carbocycles. The third kappa shape index (κ3) is 5.42. The molecule has 1 aromatic carbocycles. The van der Waals surface area contributed by atoms with Crippen LogP contribution in [0.3, 0.4) is 0 Å². The standard InChI is InChI=1S/C18H19F6N3O2/c1-10(2)27-15(18(22,23)24)12(8-25-27)16(28)26-11(3)9-29-14-7-5-4-6-13(14)17(19,20)21/h4-8,10-11H,9H2,1-3H3,(H,26,28). The zero-order valence-corrected chi connectivity index (χ0v) is 15.7. The predicted molar refractivity (Wildman–Crippen MR) is 91.5 cm³/mol. The summed E-state index contributed by atoms with van der Waals surface area (Å²) in [4.78, 5) is 12.3. The van der Waals surface area contributed by atoms with Crippen LogP contribution in [0.15, 0.2) is 30.5 Å². The summed E-state index contributed by atoms with van der Waals surface area (Å²) in [5.74, 6) is -1.49. The van der Waals surface area contributed by atoms with Gasteiger partial charge < -0.3 is 10.1 Å². The molecule has 1 heterocycles. The summed E-state index contributed by atoms with van der Waals surface area (Å²) in [5.41, 5.74) is -2.86. The highest BCUT2D eigenvalue weighted by molar-refractivity contribution is 5.95. The van der Waals surface area contributed by atoms with Gasteiger partial charge >= 0.3 is 12.4 Å². The lowest BCUT2D eigenvalue weighted by molar-refractivity contribution is -0.145. The minimum absolute atomic E-state index is 0.376. The number of nitrogens with one attached hydrogen (secondary N) is 1. The van der Waals surface area contributed by atoms with Crippen LogP contribution in [0.1, 0.15) is 48.4 Å². The summed E-state index contributed by atoms with van der Waals surface area (Å²) < 4.78 is 84.8. The van der Waals surface area contributed by atoms with Crippen molar-refractivity contribution in [2.24, 2.45) is 0 Å². The lowest BCUT2D eigenvalue weighted by atomic mass is 10.2. The van der Waals surface area contributed by atoms with Gasteiger partial charge in [-0.3, -0.25) is 9.48 Å². The first-order valence-electron chi connectivity index (χ1n) is 8.57. The number of benzene rings is 1. The Kier molecular flexibility index (Phi) is 6.49. The number of aromatic nitrogens is 2. The van der Waals surface area contributed by atoms with Crippen molar-refractivity contribution >= 4 is 5.91 Å². The molecular weight excluding hydrogens is 404 g/mol. The van der Waals surface area contributed by atoms with Crippen LogP contribution in [0.4, 0.5) is 26.3 Å². The highest BCUT2D eigenvalue weighted by Crippen LogP contribution is 2.36. The van der Waals surface area contributed by atoms with Crippen LogP contribution in [-0.2, 0) is 12.4 Å². The second kappa shape index (κ2) is 8.34. The summed E-state index contributed by atoms with van der Waals surface area (Å²) >= 11 is 0. The van der Waals surface area contributed by atoms with Gasteiger partial charge in [0.2, 0.25) is 0 Å². The van der Waals surface area contributed by atoms with Crippen LogP contribution in [0.25, 0.3) is 0 Å². The average Bonchev–Trinajstić information content (AvgIpc) is 3.05. The zero-order valence-electron chi connectivity index (χ0n) is 15.7. The Morgan fingerprint density at radius 1 is 1.10 bits per heavy atom. The van der Waals surface area contributed by atoms with E-state index in [0.717, 1.165) is 18.3 Å². The number of amides is 1. The maximum absolute atomic E-state index is 13.4. The first-order chi connectivity index (χ1) is 13.3. The summed E-state index contributed by atoms with van der Waals surface area (Å²) in [6, 6.07) is 3.01. The summed E-state index contributed by atoms with van der Waals surface area (Å²) in [5, 5.41) is 5.91. The zero-order chi connectivity index (χ0) is 22.0. The van der Waals surface area contributed by atoms with Gasteiger partial charge in [-0.2, -0.15) is 31.4 Å². The molecule has 2 aromatic rings. The van der Waals surface area contributed by atoms with Crippen LogP contribution in [0.2, 0.25) is 0 Å². The molecule has 160 valence electrons. The number of carbonyl (C=O) groups is 1. The summed E-state index contributed by atoms with van der Waals surface area (Å²) in [6.07, 6.45) is -8.63. The highest BCUT2D eigenvalue weighted by atomic mass is 19.4. The number of rotatable bonds is 6. The monoisotopic (exact) mass is 423 g/mol. The molecular formula is C18H19F6N3O2. The molecule has 5 nitrogen and oxygen atoms in total. The molecule has 0 bridgehead atoms. The van der Waals surface area contributed by atoms with E-state index in [4.69, 9.17) is 4.74 Å². The van der Waals surface area contributed by atoms with E-state index in [1.54, 1.807) is 0 Å². The van der Waals surface area contributed by atoms with E-state index in [0.29, 0.717) is 4.68 Å². The van der Waals surface area contributed by atoms with Crippen LogP contribution in [0.5, 0.6) is 5.75 Å². The van der Waals surface area contributed by atoms with Gasteiger partial charge in [0, 0.05) is 6.04 Å². The maximum Gasteiger partial charge on any atom is 0.433 e. The lowest BCUT2D eigenvalue weighted by Crippen LogP contribution is -2.37. The highest BCUT2D eigenvalue weighted by Gasteiger charge is 2.41. The Labute approximate surface area is 162 Å². The van der Waals surface area contributed by atoms with Crippen LogP contribution < -0.4 is 10.1 Å². The second-order valence-electron chi connectivity index (χ2n) is 6.62. The van der Waals surface area contributed by atoms with Crippen molar-refractivity contribution < 1.29 is 35.9 Å². The van der Waals surface area contributed by atoms with Crippen LogP contribution in [-0.4, -0.2) is 28.3 Å². The van der Waals surface area contributed by atoms with Gasteiger partial charge in [0.05, 0.1) is 23.4 Å². The summed E-state index contributed by atoms with van der Waals surface area (Å²) in [7, 11) is 0. The van der Waals surface area contributed by atoms with E-state index in [1.807, 2.05) is 0 Å². The van der Waals surface area contributed by atoms with Crippen molar-refractivity contribution in [2.75, 3.05) is 6.61 Å². The van der Waals surface area contributed by atoms with Crippen molar-refractivity contribution in [2.45, 2.75) is 45.2 Å². The largest absolute Gasteiger partial charge is 0.491 e. The minimum atomic E-state index is -4.81. The topological polar surface area (TPSA) is 56.1 Å². The van der Waals surface area contributed by atoms with Gasteiger partial charge in [-0.15, -0.1) is 0 Å². The van der Waals surface area contributed by atoms with Gasteiger partial charge in [-0.25, -0.2) is 0 Å². The number of nitrogens with zero attached hydrogens (tertiary/aromatic N) is 2. The van der Waals surface area contributed by atoms with Crippen LogP contribution in [0, 0.1) is 0 Å². The van der Waals surface area contributed by atoms with E-state index in [-0.39, 0.29) is 6.61 Å². The molecule has 1 unspecified atom stereocenters. The van der Waals surface area contributed by atoms with Crippen molar-refractivity contribution in [3.8, 4) is 5.75 Å². The molecule has 0 aliphatic carbocycles. The number of ether oxygens (including phenoxy) is 1. The van der Waals surface area contributed by atoms with E-state index in [9.17, 15) is 31.1 Å². The molecule has 11 heteroatoms. The fourth-order valence-corrected chi connectivity index (χ4v) is 2.59. The van der Waals surface area contributed by atoms with Gasteiger partial charge in [-0.1, -0.05) is 12.1 Å². The molecule has 0 aliphatic heterocycles. The third-order valence-electron chi connectivity index (χ3n) is 3.86. The maximum atomic E-state index is 13.4. The molecule has 29 heavy (non-hydrogen) atoms. The number of hydrogen-bond donors (Lipinski definition) is 1. The Morgan fingerprint density at radius 3 is 2.28 bits per heavy atom. The molecule has 0 aliphatic rings. The molecule has 1 N–H and O–H groups in total. The summed E-state index contributed by atoms with van der Waals surface area (Å²) in [6.45, 7) is 3.99. The van der Waals surface area contributed by atoms with Crippen LogP contribution >= 0.6 is 0 Å². The Balaban J connectivity index is 2.12. The van der Waals surface area contributed by atoms with Gasteiger partial charge in [0.15, 0.2) is 5.69 Å². The van der Waals surface area contributed by atoms with E-state index >= 15 is 0 Å². The number of halogens is 6. The Hall–Kier alpha value is -2.72. The first kappa shape index (κ1) is 22.6. The normalized spacial score (nSPS) is 13.4. The first-order valence-corrected chi connectivity index (χ1v) is 8.57. The fraction of sp³-hybridized carbons (Fsp3) is 0.444. The average molecular weight is 423 g/mol. The molecule has 0 saturated heterocycles. The third-order valence-corrected chi connectivity index (χ3v) is 3.86. The second-order valence-corrected chi connectivity index (χ2v) is 6.62. The Bertz CT molecular complexity index is 858. The predicted octanol–water partition coefficient (Wildman–Crippen LogP) is 4.70. The van der Waals surface area contributed by atoms with E-state index in [1.165, 1.54) is 32.9 Å². The van der Waals surface area contributed by atoms with Crippen molar-refractivity contribution in [1.82, 2.24) is 15.1 Å². The molecule has 0 radical (unpaired) electrons. The molecule has 2 rings (SSSR count). The van der Waals surface area contributed by atoms with E-state index < -0.39 is 52.9 Å². The molecule has 1 amide bonds. The van der Waals surface area contributed by atoms with E-state index in [2.05, 4.69) is 10.4 Å². The van der Waals surface area contributed by atoms with Crippen molar-refractivity contribution in [1.29, 1.82) is 0 Å². The lowest BCUT2D eigenvalue weighted by Gasteiger charge is -2.19. The quantitative estimate of drug-likeness (QED) is 0.686. The van der Waals surface area contributed by atoms with Gasteiger partial charge in [0.25, 0.3) is 5.91 Å². The molecule has 0 spiro atoms. The van der Waals surface area contributed by atoms with Gasteiger partial charge in [0.1, 0.15) is 12.4 Å². The SMILES string of the molecule is CC(COc1ccccc1C(F)(F)F)NC(=O)c1cnn(C(C)C)c1C(F)(F)F. The number of alkyl halides is 6. The minimum Gasteiger partial charge on any atom is -0.491 e. The number of para-hydroxylation sites is 1. The van der Waals surface area contributed by atoms with Gasteiger partial charge in [-0.05, 0) is 32.9 Å². The van der Waals surface area contributed by atoms with Crippen molar-refractivity contribution in [3.63, 3.8) is 0 Å². The number of hydrogen-bond acceptors (Lipinski definition) is 3. The molecule has 0 fully saturated rings. The Morgan fingerprint density at radius 2 is 1.72 bits per heavy atom. The molecule has 1 atom stereocenters. The number of carbonyl (C=O) groups excluding carboxylic acids is 1. The molecule has 1 aromatic heterocycles. The van der Waals surface area contributed by atoms with Crippen molar-refractivity contribution in [3.05, 3.63) is 47.3 Å².